The summed E-state index contributed by atoms with van der Waals surface area (Å²) in [7, 11) is 0. The van der Waals surface area contributed by atoms with E-state index in [0.29, 0.717) is 41.9 Å². The third-order valence-electron chi connectivity index (χ3n) is 4.26. The first-order valence-electron chi connectivity index (χ1n) is 8.44. The third kappa shape index (κ3) is 4.85. The largest absolute Gasteiger partial charge is 0.378 e. The van der Waals surface area contributed by atoms with Gasteiger partial charge in [-0.05, 0) is 35.4 Å². The van der Waals surface area contributed by atoms with E-state index >= 15 is 0 Å². The number of benzene rings is 2. The van der Waals surface area contributed by atoms with Gasteiger partial charge >= 0.3 is 0 Å². The summed E-state index contributed by atoms with van der Waals surface area (Å²) < 4.78 is 5.28. The number of ether oxygens (including phenoxy) is 1. The van der Waals surface area contributed by atoms with E-state index in [-0.39, 0.29) is 24.5 Å². The van der Waals surface area contributed by atoms with Crippen molar-refractivity contribution in [1.82, 2.24) is 4.90 Å². The molecule has 26 heavy (non-hydrogen) atoms. The average Bonchev–Trinajstić information content (AvgIpc) is 2.65. The summed E-state index contributed by atoms with van der Waals surface area (Å²) in [6.45, 7) is 2.32. The molecule has 1 heterocycles. The van der Waals surface area contributed by atoms with Crippen LogP contribution in [-0.4, -0.2) is 42.9 Å². The second-order valence-electron chi connectivity index (χ2n) is 6.25. The number of Topliss-reactive ketones (excluding diaryl/α,β-unsaturated/α-hetero) is 1. The van der Waals surface area contributed by atoms with E-state index in [0.717, 1.165) is 11.1 Å². The fourth-order valence-electron chi connectivity index (χ4n) is 2.93. The fourth-order valence-corrected chi connectivity index (χ4v) is 3.25. The highest BCUT2D eigenvalue weighted by Gasteiger charge is 2.19. The van der Waals surface area contributed by atoms with E-state index in [4.69, 9.17) is 27.9 Å². The molecule has 1 aliphatic heterocycles. The Hall–Kier alpha value is -1.88. The number of rotatable bonds is 5. The Morgan fingerprint density at radius 3 is 2.31 bits per heavy atom. The molecule has 0 atom stereocenters. The van der Waals surface area contributed by atoms with Crippen LogP contribution in [0.5, 0.6) is 0 Å². The number of hydrogen-bond donors (Lipinski definition) is 0. The van der Waals surface area contributed by atoms with E-state index in [1.165, 1.54) is 0 Å². The van der Waals surface area contributed by atoms with Crippen molar-refractivity contribution in [1.29, 1.82) is 0 Å². The zero-order valence-corrected chi connectivity index (χ0v) is 15.7. The van der Waals surface area contributed by atoms with Gasteiger partial charge in [0, 0.05) is 31.5 Å². The lowest BCUT2D eigenvalue weighted by Gasteiger charge is -2.27. The van der Waals surface area contributed by atoms with Crippen molar-refractivity contribution in [3.8, 4) is 0 Å². The lowest BCUT2D eigenvalue weighted by molar-refractivity contribution is -0.117. The van der Waals surface area contributed by atoms with E-state index in [9.17, 15) is 9.59 Å². The zero-order chi connectivity index (χ0) is 18.5. The van der Waals surface area contributed by atoms with Crippen LogP contribution in [0, 0.1) is 0 Å². The molecule has 0 aromatic heterocycles. The van der Waals surface area contributed by atoms with Gasteiger partial charge in [-0.3, -0.25) is 9.59 Å². The van der Waals surface area contributed by atoms with E-state index in [2.05, 4.69) is 0 Å². The molecule has 6 heteroatoms. The molecule has 136 valence electrons. The van der Waals surface area contributed by atoms with Crippen LogP contribution in [0.3, 0.4) is 0 Å². The topological polar surface area (TPSA) is 46.6 Å². The molecule has 2 aromatic rings. The van der Waals surface area contributed by atoms with Crippen molar-refractivity contribution in [2.75, 3.05) is 26.3 Å². The Balaban J connectivity index is 1.65. The quantitative estimate of drug-likeness (QED) is 0.777. The van der Waals surface area contributed by atoms with Crippen LogP contribution < -0.4 is 0 Å². The number of carbonyl (C=O) groups is 2. The van der Waals surface area contributed by atoms with E-state index in [1.54, 1.807) is 35.2 Å². The number of hydrogen-bond acceptors (Lipinski definition) is 3. The first-order valence-corrected chi connectivity index (χ1v) is 9.20. The maximum atomic E-state index is 12.6. The highest BCUT2D eigenvalue weighted by molar-refractivity contribution is 6.42. The Labute approximate surface area is 162 Å². The smallest absolute Gasteiger partial charge is 0.254 e. The molecule has 3 rings (SSSR count). The van der Waals surface area contributed by atoms with Crippen LogP contribution in [-0.2, 0) is 22.4 Å². The van der Waals surface area contributed by atoms with Crippen molar-refractivity contribution in [3.05, 3.63) is 69.2 Å². The Bertz CT molecular complexity index is 816. The molecule has 0 aliphatic carbocycles. The summed E-state index contributed by atoms with van der Waals surface area (Å²) in [4.78, 5) is 26.7. The summed E-state index contributed by atoms with van der Waals surface area (Å²) in [5.41, 5.74) is 2.26. The standard InChI is InChI=1S/C20H19Cl2NO3/c21-18-5-4-15(13-19(18)22)12-17(24)11-14-2-1-3-16(10-14)20(25)23-6-8-26-9-7-23/h1-5,10,13H,6-9,11-12H2. The van der Waals surface area contributed by atoms with Crippen LogP contribution >= 0.6 is 23.2 Å². The lowest BCUT2D eigenvalue weighted by atomic mass is 10.0. The van der Waals surface area contributed by atoms with Crippen molar-refractivity contribution in [2.45, 2.75) is 12.8 Å². The van der Waals surface area contributed by atoms with Crippen LogP contribution in [0.2, 0.25) is 10.0 Å². The first kappa shape index (κ1) is 18.9. The van der Waals surface area contributed by atoms with Crippen molar-refractivity contribution in [2.24, 2.45) is 0 Å². The highest BCUT2D eigenvalue weighted by atomic mass is 35.5. The molecular formula is C20H19Cl2NO3. The molecule has 0 unspecified atom stereocenters. The monoisotopic (exact) mass is 391 g/mol. The summed E-state index contributed by atoms with van der Waals surface area (Å²) in [6.07, 6.45) is 0.545. The van der Waals surface area contributed by atoms with Gasteiger partial charge in [-0.25, -0.2) is 0 Å². The van der Waals surface area contributed by atoms with Gasteiger partial charge in [0.2, 0.25) is 0 Å². The lowest BCUT2D eigenvalue weighted by Crippen LogP contribution is -2.40. The van der Waals surface area contributed by atoms with Crippen LogP contribution in [0.15, 0.2) is 42.5 Å². The van der Waals surface area contributed by atoms with Gasteiger partial charge < -0.3 is 9.64 Å². The molecule has 0 radical (unpaired) electrons. The van der Waals surface area contributed by atoms with E-state index in [1.807, 2.05) is 12.1 Å². The predicted molar refractivity (Wildman–Crippen MR) is 102 cm³/mol. The molecule has 1 amide bonds. The molecule has 4 nitrogen and oxygen atoms in total. The van der Waals surface area contributed by atoms with Gasteiger partial charge in [-0.15, -0.1) is 0 Å². The normalized spacial score (nSPS) is 14.3. The van der Waals surface area contributed by atoms with Gasteiger partial charge in [0.05, 0.1) is 23.3 Å². The maximum absolute atomic E-state index is 12.6. The fraction of sp³-hybridized carbons (Fsp3) is 0.300. The zero-order valence-electron chi connectivity index (χ0n) is 14.2. The number of morpholine rings is 1. The Morgan fingerprint density at radius 2 is 1.62 bits per heavy atom. The molecule has 0 spiro atoms. The van der Waals surface area contributed by atoms with Crippen molar-refractivity contribution in [3.63, 3.8) is 0 Å². The second kappa shape index (κ2) is 8.67. The number of ketones is 1. The molecule has 1 saturated heterocycles. The number of nitrogens with zero attached hydrogens (tertiary/aromatic N) is 1. The van der Waals surface area contributed by atoms with Crippen LogP contribution in [0.4, 0.5) is 0 Å². The van der Waals surface area contributed by atoms with E-state index < -0.39 is 0 Å². The van der Waals surface area contributed by atoms with Gasteiger partial charge in [-0.2, -0.15) is 0 Å². The maximum Gasteiger partial charge on any atom is 0.254 e. The number of amides is 1. The second-order valence-corrected chi connectivity index (χ2v) is 7.06. The summed E-state index contributed by atoms with van der Waals surface area (Å²) in [5.74, 6) is 0.0337. The molecule has 0 bridgehead atoms. The average molecular weight is 392 g/mol. The minimum Gasteiger partial charge on any atom is -0.378 e. The summed E-state index contributed by atoms with van der Waals surface area (Å²) in [6, 6.07) is 12.5. The molecule has 2 aromatic carbocycles. The van der Waals surface area contributed by atoms with Gasteiger partial charge in [-0.1, -0.05) is 41.4 Å². The third-order valence-corrected chi connectivity index (χ3v) is 5.00. The SMILES string of the molecule is O=C(Cc1cccc(C(=O)N2CCOCC2)c1)Cc1ccc(Cl)c(Cl)c1. The van der Waals surface area contributed by atoms with Gasteiger partial charge in [0.25, 0.3) is 5.91 Å². The van der Waals surface area contributed by atoms with Crippen LogP contribution in [0.1, 0.15) is 21.5 Å². The minimum atomic E-state index is -0.0212. The first-order chi connectivity index (χ1) is 12.5. The summed E-state index contributed by atoms with van der Waals surface area (Å²) in [5, 5.41) is 0.910. The van der Waals surface area contributed by atoms with Gasteiger partial charge in [0.1, 0.15) is 5.78 Å². The predicted octanol–water partition coefficient (Wildman–Crippen LogP) is 3.82. The molecule has 1 fully saturated rings. The highest BCUT2D eigenvalue weighted by Crippen LogP contribution is 2.23. The van der Waals surface area contributed by atoms with Crippen molar-refractivity contribution >= 4 is 34.9 Å². The molecular weight excluding hydrogens is 373 g/mol. The molecule has 0 saturated carbocycles. The Morgan fingerprint density at radius 1 is 0.923 bits per heavy atom. The Kier molecular flexibility index (Phi) is 6.30. The minimum absolute atomic E-state index is 0.0212. The van der Waals surface area contributed by atoms with Crippen molar-refractivity contribution < 1.29 is 14.3 Å². The molecule has 1 aliphatic rings. The number of carbonyl (C=O) groups excluding carboxylic acids is 2. The molecule has 0 N–H and O–H groups in total. The van der Waals surface area contributed by atoms with Crippen LogP contribution in [0.25, 0.3) is 0 Å². The summed E-state index contributed by atoms with van der Waals surface area (Å²) >= 11 is 11.9. The number of halogens is 2. The van der Waals surface area contributed by atoms with Gasteiger partial charge in [0.15, 0.2) is 0 Å².